The molecule has 11 N–H and O–H groups in total. The van der Waals surface area contributed by atoms with E-state index >= 15 is 0 Å². The molecule has 0 spiro atoms. The SMILES string of the molecule is NC(=O)CCC(NC(=O)C(Cc1ccc(O)cc1)NC(=O)C(N)Cc1cnc[nH]1)C(=O)NC(CC(=O)O)C(=O)O. The number of imidazole rings is 1. The fraction of sp³-hybridized carbons (Fsp3) is 0.375. The number of aliphatic carboxylic acids is 2. The summed E-state index contributed by atoms with van der Waals surface area (Å²) < 4.78 is 0. The van der Waals surface area contributed by atoms with Gasteiger partial charge in [-0.1, -0.05) is 12.1 Å². The second-order valence-corrected chi connectivity index (χ2v) is 8.88. The standard InChI is InChI=1S/C24H31N7O9/c25-15(8-13-10-27-11-28-13)21(36)30-17(7-12-1-3-14(32)4-2-12)23(38)29-16(5-6-19(26)33)22(37)31-18(24(39)40)9-20(34)35/h1-4,10-11,15-18,32H,5-9,25H2,(H2,26,33)(H,27,28)(H,29,38)(H,30,36)(H,31,37)(H,34,35)(H,39,40). The van der Waals surface area contributed by atoms with E-state index < -0.39 is 66.2 Å². The van der Waals surface area contributed by atoms with E-state index in [1.54, 1.807) is 0 Å². The van der Waals surface area contributed by atoms with Crippen LogP contribution < -0.4 is 27.4 Å². The zero-order chi connectivity index (χ0) is 29.8. The molecule has 0 radical (unpaired) electrons. The van der Waals surface area contributed by atoms with Crippen molar-refractivity contribution in [3.63, 3.8) is 0 Å². The lowest BCUT2D eigenvalue weighted by Gasteiger charge is -2.25. The highest BCUT2D eigenvalue weighted by atomic mass is 16.4. The molecule has 0 fully saturated rings. The number of carboxylic acids is 2. The number of nitrogens with one attached hydrogen (secondary N) is 4. The second-order valence-electron chi connectivity index (χ2n) is 8.88. The Labute approximate surface area is 227 Å². The second kappa shape index (κ2) is 14.8. The van der Waals surface area contributed by atoms with Crippen LogP contribution in [0.15, 0.2) is 36.8 Å². The lowest BCUT2D eigenvalue weighted by atomic mass is 10.0. The van der Waals surface area contributed by atoms with Crippen LogP contribution in [0.1, 0.15) is 30.5 Å². The number of phenols is 1. The predicted octanol–water partition coefficient (Wildman–Crippen LogP) is -2.49. The number of H-pyrrole nitrogens is 1. The zero-order valence-corrected chi connectivity index (χ0v) is 21.2. The molecular weight excluding hydrogens is 530 g/mol. The number of hydrogen-bond acceptors (Lipinski definition) is 9. The number of primary amides is 1. The topological polar surface area (TPSA) is 280 Å². The molecule has 4 amide bonds. The quantitative estimate of drug-likeness (QED) is 0.103. The summed E-state index contributed by atoms with van der Waals surface area (Å²) in [5, 5.41) is 34.6. The first kappa shape index (κ1) is 31.2. The van der Waals surface area contributed by atoms with Gasteiger partial charge in [-0.25, -0.2) is 9.78 Å². The van der Waals surface area contributed by atoms with Crippen LogP contribution in [0.5, 0.6) is 5.75 Å². The van der Waals surface area contributed by atoms with Crippen molar-refractivity contribution in [1.29, 1.82) is 0 Å². The molecule has 4 unspecified atom stereocenters. The molecule has 1 aromatic heterocycles. The van der Waals surface area contributed by atoms with Gasteiger partial charge in [-0.15, -0.1) is 0 Å². The number of nitrogens with zero attached hydrogens (tertiary/aromatic N) is 1. The summed E-state index contributed by atoms with van der Waals surface area (Å²) in [6.45, 7) is 0. The molecule has 16 heteroatoms. The van der Waals surface area contributed by atoms with Crippen molar-refractivity contribution in [2.75, 3.05) is 0 Å². The maximum atomic E-state index is 13.3. The van der Waals surface area contributed by atoms with Crippen molar-refractivity contribution in [3.8, 4) is 5.75 Å². The fourth-order valence-electron chi connectivity index (χ4n) is 3.56. The van der Waals surface area contributed by atoms with Crippen molar-refractivity contribution in [1.82, 2.24) is 25.9 Å². The molecule has 16 nitrogen and oxygen atoms in total. The van der Waals surface area contributed by atoms with Crippen LogP contribution in [0.25, 0.3) is 0 Å². The molecule has 1 heterocycles. The maximum Gasteiger partial charge on any atom is 0.326 e. The van der Waals surface area contributed by atoms with Crippen LogP contribution in [0.4, 0.5) is 0 Å². The number of carbonyl (C=O) groups excluding carboxylic acids is 4. The minimum Gasteiger partial charge on any atom is -0.508 e. The van der Waals surface area contributed by atoms with Crippen molar-refractivity contribution in [3.05, 3.63) is 48.0 Å². The number of phenolic OH excluding ortho intramolecular Hbond substituents is 1. The highest BCUT2D eigenvalue weighted by molar-refractivity contribution is 5.95. The molecule has 0 saturated carbocycles. The lowest BCUT2D eigenvalue weighted by Crippen LogP contribution is -2.58. The largest absolute Gasteiger partial charge is 0.508 e. The normalized spacial score (nSPS) is 13.7. The van der Waals surface area contributed by atoms with Gasteiger partial charge in [0.15, 0.2) is 0 Å². The van der Waals surface area contributed by atoms with Crippen molar-refractivity contribution < 1.29 is 44.1 Å². The maximum absolute atomic E-state index is 13.3. The van der Waals surface area contributed by atoms with Crippen molar-refractivity contribution in [2.24, 2.45) is 11.5 Å². The number of aromatic hydroxyl groups is 1. The average molecular weight is 562 g/mol. The number of aromatic nitrogens is 2. The van der Waals surface area contributed by atoms with Crippen LogP contribution in [-0.4, -0.2) is 85.0 Å². The summed E-state index contributed by atoms with van der Waals surface area (Å²) in [6, 6.07) is 0.0423. The fourth-order valence-corrected chi connectivity index (χ4v) is 3.56. The van der Waals surface area contributed by atoms with E-state index in [4.69, 9.17) is 16.6 Å². The number of hydrogen-bond donors (Lipinski definition) is 9. The summed E-state index contributed by atoms with van der Waals surface area (Å²) in [4.78, 5) is 79.4. The first-order valence-electron chi connectivity index (χ1n) is 12.0. The van der Waals surface area contributed by atoms with Gasteiger partial charge >= 0.3 is 11.9 Å². The zero-order valence-electron chi connectivity index (χ0n) is 21.2. The third kappa shape index (κ3) is 10.4. The van der Waals surface area contributed by atoms with Gasteiger partial charge < -0.3 is 47.7 Å². The van der Waals surface area contributed by atoms with E-state index in [-0.39, 0.29) is 31.4 Å². The predicted molar refractivity (Wildman–Crippen MR) is 136 cm³/mol. The molecule has 4 atom stereocenters. The number of nitrogens with two attached hydrogens (primary N) is 2. The van der Waals surface area contributed by atoms with Crippen LogP contribution in [0.3, 0.4) is 0 Å². The number of carbonyl (C=O) groups is 6. The number of carboxylic acid groups (broad SMARTS) is 2. The first-order chi connectivity index (χ1) is 18.8. The minimum absolute atomic E-state index is 0.0344. The Morgan fingerprint density at radius 2 is 1.48 bits per heavy atom. The number of rotatable bonds is 16. The Kier molecular flexibility index (Phi) is 11.6. The van der Waals surface area contributed by atoms with Crippen LogP contribution in [0.2, 0.25) is 0 Å². The Bertz CT molecular complexity index is 1200. The first-order valence-corrected chi connectivity index (χ1v) is 12.0. The molecule has 0 saturated heterocycles. The van der Waals surface area contributed by atoms with Crippen LogP contribution in [0, 0.1) is 0 Å². The molecule has 0 bridgehead atoms. The van der Waals surface area contributed by atoms with Crippen LogP contribution >= 0.6 is 0 Å². The monoisotopic (exact) mass is 561 g/mol. The lowest BCUT2D eigenvalue weighted by molar-refractivity contribution is -0.147. The summed E-state index contributed by atoms with van der Waals surface area (Å²) >= 11 is 0. The van der Waals surface area contributed by atoms with Gasteiger partial charge in [0, 0.05) is 31.2 Å². The van der Waals surface area contributed by atoms with E-state index in [9.17, 15) is 39.0 Å². The smallest absolute Gasteiger partial charge is 0.326 e. The van der Waals surface area contributed by atoms with Gasteiger partial charge in [0.1, 0.15) is 23.9 Å². The minimum atomic E-state index is -1.81. The summed E-state index contributed by atoms with van der Waals surface area (Å²) in [7, 11) is 0. The van der Waals surface area contributed by atoms with Gasteiger partial charge in [0.25, 0.3) is 0 Å². The van der Waals surface area contributed by atoms with E-state index in [0.29, 0.717) is 11.3 Å². The van der Waals surface area contributed by atoms with E-state index in [1.165, 1.54) is 36.8 Å². The Hall–Kier alpha value is -4.99. The van der Waals surface area contributed by atoms with Crippen molar-refractivity contribution in [2.45, 2.75) is 56.3 Å². The van der Waals surface area contributed by atoms with Gasteiger partial charge in [-0.05, 0) is 24.1 Å². The molecule has 216 valence electrons. The molecule has 0 aliphatic heterocycles. The van der Waals surface area contributed by atoms with Crippen molar-refractivity contribution >= 4 is 35.6 Å². The summed E-state index contributed by atoms with van der Waals surface area (Å²) in [6.07, 6.45) is 1.20. The van der Waals surface area contributed by atoms with E-state index in [2.05, 4.69) is 20.6 Å². The Balaban J connectivity index is 2.25. The molecule has 0 aliphatic carbocycles. The molecule has 2 aromatic rings. The summed E-state index contributed by atoms with van der Waals surface area (Å²) in [5.41, 5.74) is 12.2. The van der Waals surface area contributed by atoms with Crippen LogP contribution in [-0.2, 0) is 41.6 Å². The van der Waals surface area contributed by atoms with E-state index in [0.717, 1.165) is 0 Å². The molecule has 2 rings (SSSR count). The number of aromatic amines is 1. The highest BCUT2D eigenvalue weighted by Crippen LogP contribution is 2.12. The molecule has 1 aromatic carbocycles. The molecule has 0 aliphatic rings. The highest BCUT2D eigenvalue weighted by Gasteiger charge is 2.31. The number of amides is 4. The Morgan fingerprint density at radius 1 is 0.875 bits per heavy atom. The summed E-state index contributed by atoms with van der Waals surface area (Å²) in [5.74, 6) is -6.63. The van der Waals surface area contributed by atoms with Gasteiger partial charge in [0.05, 0.1) is 18.8 Å². The molecule has 40 heavy (non-hydrogen) atoms. The van der Waals surface area contributed by atoms with E-state index in [1.807, 2.05) is 5.32 Å². The van der Waals surface area contributed by atoms with Gasteiger partial charge in [0.2, 0.25) is 23.6 Å². The number of benzene rings is 1. The third-order valence-electron chi connectivity index (χ3n) is 5.65. The van der Waals surface area contributed by atoms with Gasteiger partial charge in [-0.3, -0.25) is 24.0 Å². The average Bonchev–Trinajstić information content (AvgIpc) is 3.39. The third-order valence-corrected chi connectivity index (χ3v) is 5.65. The van der Waals surface area contributed by atoms with Gasteiger partial charge in [-0.2, -0.15) is 0 Å². The Morgan fingerprint density at radius 3 is 2.02 bits per heavy atom. The molecular formula is C24H31N7O9.